The van der Waals surface area contributed by atoms with Gasteiger partial charge in [0, 0.05) is 11.2 Å². The van der Waals surface area contributed by atoms with E-state index in [0.717, 1.165) is 11.3 Å². The number of carbonyl (C=O) groups is 2. The van der Waals surface area contributed by atoms with Crippen LogP contribution in [0.5, 0.6) is 0 Å². The number of urea groups is 1. The molecule has 0 aliphatic carbocycles. The van der Waals surface area contributed by atoms with E-state index in [2.05, 4.69) is 36.7 Å². The summed E-state index contributed by atoms with van der Waals surface area (Å²) in [6, 6.07) is 7.38. The number of imide groups is 1. The zero-order valence-electron chi connectivity index (χ0n) is 14.3. The van der Waals surface area contributed by atoms with E-state index in [1.54, 1.807) is 0 Å². The molecule has 22 heavy (non-hydrogen) atoms. The Morgan fingerprint density at radius 1 is 1.00 bits per heavy atom. The molecule has 1 aromatic rings. The highest BCUT2D eigenvalue weighted by molar-refractivity contribution is 5.96. The number of para-hydroxylation sites is 1. The maximum Gasteiger partial charge on any atom is 0.321 e. The van der Waals surface area contributed by atoms with E-state index in [1.807, 2.05) is 45.0 Å². The summed E-state index contributed by atoms with van der Waals surface area (Å²) in [6.07, 6.45) is 0. The molecule has 3 N–H and O–H groups in total. The maximum atomic E-state index is 11.8. The largest absolute Gasteiger partial charge is 0.376 e. The lowest BCUT2D eigenvalue weighted by atomic mass is 9.86. The fourth-order valence-electron chi connectivity index (χ4n) is 2.01. The molecule has 1 rings (SSSR count). The van der Waals surface area contributed by atoms with Gasteiger partial charge in [0.1, 0.15) is 0 Å². The number of rotatable bonds is 3. The Labute approximate surface area is 132 Å². The standard InChI is InChI=1S/C17H27N3O2/c1-16(2,3)12-9-7-8-10-13(12)18-11-14(21)19-15(22)20-17(4,5)6/h7-10,18H,11H2,1-6H3,(H2,19,20,21,22). The van der Waals surface area contributed by atoms with Gasteiger partial charge in [0.2, 0.25) is 5.91 Å². The highest BCUT2D eigenvalue weighted by Gasteiger charge is 2.18. The van der Waals surface area contributed by atoms with Crippen LogP contribution in [-0.4, -0.2) is 24.0 Å². The van der Waals surface area contributed by atoms with Crippen LogP contribution in [0.4, 0.5) is 10.5 Å². The first-order valence-corrected chi connectivity index (χ1v) is 7.44. The van der Waals surface area contributed by atoms with E-state index in [0.29, 0.717) is 0 Å². The monoisotopic (exact) mass is 305 g/mol. The molecule has 0 saturated heterocycles. The normalized spacial score (nSPS) is 11.7. The van der Waals surface area contributed by atoms with Crippen LogP contribution < -0.4 is 16.0 Å². The van der Waals surface area contributed by atoms with Crippen LogP contribution in [0.2, 0.25) is 0 Å². The van der Waals surface area contributed by atoms with Gasteiger partial charge in [0.05, 0.1) is 6.54 Å². The Bertz CT molecular complexity index is 540. The van der Waals surface area contributed by atoms with Gasteiger partial charge in [0.25, 0.3) is 0 Å². The predicted molar refractivity (Wildman–Crippen MR) is 90.1 cm³/mol. The summed E-state index contributed by atoms with van der Waals surface area (Å²) in [6.45, 7) is 12.0. The number of anilines is 1. The molecule has 5 heteroatoms. The summed E-state index contributed by atoms with van der Waals surface area (Å²) in [5.41, 5.74) is 1.63. The Balaban J connectivity index is 2.61. The minimum absolute atomic E-state index is 0.0241. The molecule has 5 nitrogen and oxygen atoms in total. The molecule has 0 unspecified atom stereocenters. The molecule has 122 valence electrons. The number of amides is 3. The minimum atomic E-state index is -0.483. The third kappa shape index (κ3) is 6.16. The van der Waals surface area contributed by atoms with E-state index >= 15 is 0 Å². The first kappa shape index (κ1) is 18.0. The van der Waals surface area contributed by atoms with Gasteiger partial charge in [-0.2, -0.15) is 0 Å². The molecule has 3 amide bonds. The van der Waals surface area contributed by atoms with Crippen molar-refractivity contribution in [2.45, 2.75) is 52.5 Å². The number of benzene rings is 1. The lowest BCUT2D eigenvalue weighted by molar-refractivity contribution is -0.118. The SMILES string of the molecule is CC(C)(C)NC(=O)NC(=O)CNc1ccccc1C(C)(C)C. The lowest BCUT2D eigenvalue weighted by Gasteiger charge is -2.23. The first-order valence-electron chi connectivity index (χ1n) is 7.44. The Morgan fingerprint density at radius 2 is 1.59 bits per heavy atom. The molecule has 1 aromatic carbocycles. The van der Waals surface area contributed by atoms with E-state index in [-0.39, 0.29) is 23.4 Å². The maximum absolute atomic E-state index is 11.8. The van der Waals surface area contributed by atoms with Gasteiger partial charge < -0.3 is 10.6 Å². The Hall–Kier alpha value is -2.04. The average molecular weight is 305 g/mol. The summed E-state index contributed by atoms with van der Waals surface area (Å²) in [7, 11) is 0. The van der Waals surface area contributed by atoms with Gasteiger partial charge >= 0.3 is 6.03 Å². The number of carbonyl (C=O) groups excluding carboxylic acids is 2. The third-order valence-electron chi connectivity index (χ3n) is 2.92. The van der Waals surface area contributed by atoms with Crippen LogP contribution in [0.3, 0.4) is 0 Å². The van der Waals surface area contributed by atoms with Crippen LogP contribution in [-0.2, 0) is 10.2 Å². The van der Waals surface area contributed by atoms with Gasteiger partial charge in [-0.25, -0.2) is 4.79 Å². The second-order valence-corrected chi connectivity index (χ2v) is 7.40. The van der Waals surface area contributed by atoms with E-state index in [9.17, 15) is 9.59 Å². The Morgan fingerprint density at radius 3 is 2.14 bits per heavy atom. The van der Waals surface area contributed by atoms with Crippen molar-refractivity contribution in [1.82, 2.24) is 10.6 Å². The molecule has 0 radical (unpaired) electrons. The van der Waals surface area contributed by atoms with Crippen LogP contribution in [0, 0.1) is 0 Å². The molecule has 0 fully saturated rings. The number of hydrogen-bond donors (Lipinski definition) is 3. The van der Waals surface area contributed by atoms with Crippen molar-refractivity contribution in [2.75, 3.05) is 11.9 Å². The quantitative estimate of drug-likeness (QED) is 0.804. The zero-order valence-corrected chi connectivity index (χ0v) is 14.3. The molecule has 0 atom stereocenters. The van der Waals surface area contributed by atoms with E-state index in [1.165, 1.54) is 0 Å². The molecule has 0 bridgehead atoms. The van der Waals surface area contributed by atoms with Crippen LogP contribution in [0.25, 0.3) is 0 Å². The van der Waals surface area contributed by atoms with Gasteiger partial charge in [-0.3, -0.25) is 10.1 Å². The fourth-order valence-corrected chi connectivity index (χ4v) is 2.01. The number of hydrogen-bond acceptors (Lipinski definition) is 3. The average Bonchev–Trinajstić information content (AvgIpc) is 2.33. The molecule has 0 aromatic heterocycles. The molecule has 0 heterocycles. The molecule has 0 saturated carbocycles. The van der Waals surface area contributed by atoms with Crippen LogP contribution in [0.1, 0.15) is 47.1 Å². The second-order valence-electron chi connectivity index (χ2n) is 7.40. The lowest BCUT2D eigenvalue weighted by Crippen LogP contribution is -2.49. The molecular formula is C17H27N3O2. The second kappa shape index (κ2) is 6.81. The van der Waals surface area contributed by atoms with Gasteiger partial charge in [-0.15, -0.1) is 0 Å². The highest BCUT2D eigenvalue weighted by atomic mass is 16.2. The predicted octanol–water partition coefficient (Wildman–Crippen LogP) is 3.02. The van der Waals surface area contributed by atoms with Crippen molar-refractivity contribution in [3.8, 4) is 0 Å². The highest BCUT2D eigenvalue weighted by Crippen LogP contribution is 2.28. The van der Waals surface area contributed by atoms with Crippen molar-refractivity contribution in [3.05, 3.63) is 29.8 Å². The van der Waals surface area contributed by atoms with Crippen molar-refractivity contribution >= 4 is 17.6 Å². The van der Waals surface area contributed by atoms with Crippen molar-refractivity contribution < 1.29 is 9.59 Å². The number of nitrogens with one attached hydrogen (secondary N) is 3. The molecule has 0 aliphatic heterocycles. The summed E-state index contributed by atoms with van der Waals surface area (Å²) in [5, 5.41) is 8.09. The van der Waals surface area contributed by atoms with Gasteiger partial charge in [0.15, 0.2) is 0 Å². The van der Waals surface area contributed by atoms with Gasteiger partial charge in [-0.05, 0) is 37.8 Å². The van der Waals surface area contributed by atoms with Crippen LogP contribution >= 0.6 is 0 Å². The summed E-state index contributed by atoms with van der Waals surface area (Å²) < 4.78 is 0. The first-order chi connectivity index (χ1) is 9.99. The fraction of sp³-hybridized carbons (Fsp3) is 0.529. The molecular weight excluding hydrogens is 278 g/mol. The topological polar surface area (TPSA) is 70.2 Å². The summed E-state index contributed by atoms with van der Waals surface area (Å²) in [5.74, 6) is -0.370. The minimum Gasteiger partial charge on any atom is -0.376 e. The summed E-state index contributed by atoms with van der Waals surface area (Å²) >= 11 is 0. The van der Waals surface area contributed by atoms with E-state index < -0.39 is 6.03 Å². The van der Waals surface area contributed by atoms with Crippen LogP contribution in [0.15, 0.2) is 24.3 Å². The summed E-state index contributed by atoms with van der Waals surface area (Å²) in [4.78, 5) is 23.5. The Kier molecular flexibility index (Phi) is 5.58. The third-order valence-corrected chi connectivity index (χ3v) is 2.92. The van der Waals surface area contributed by atoms with E-state index in [4.69, 9.17) is 0 Å². The van der Waals surface area contributed by atoms with Gasteiger partial charge in [-0.1, -0.05) is 39.0 Å². The molecule has 0 spiro atoms. The molecule has 0 aliphatic rings. The smallest absolute Gasteiger partial charge is 0.321 e. The zero-order chi connectivity index (χ0) is 17.0. The van der Waals surface area contributed by atoms with Crippen molar-refractivity contribution in [3.63, 3.8) is 0 Å². The van der Waals surface area contributed by atoms with Crippen molar-refractivity contribution in [2.24, 2.45) is 0 Å². The van der Waals surface area contributed by atoms with Crippen molar-refractivity contribution in [1.29, 1.82) is 0 Å².